The van der Waals surface area contributed by atoms with E-state index in [0.29, 0.717) is 11.1 Å². The number of nitrogens with two attached hydrogens (primary N) is 2. The Morgan fingerprint density at radius 3 is 2.28 bits per heavy atom. The minimum Gasteiger partial charge on any atom is -0.481 e. The normalized spacial score (nSPS) is 18.3. The second-order valence-corrected chi connectivity index (χ2v) is 6.64. The van der Waals surface area contributed by atoms with E-state index in [1.807, 2.05) is 0 Å². The number of nitro benzene ring substituents is 1. The van der Waals surface area contributed by atoms with Gasteiger partial charge in [0, 0.05) is 29.2 Å². The van der Waals surface area contributed by atoms with Gasteiger partial charge in [-0.2, -0.15) is 0 Å². The molecule has 178 valence electrons. The average Bonchev–Trinajstić information content (AvgIpc) is 2.67. The molecule has 12 nitrogen and oxygen atoms in total. The first kappa shape index (κ1) is 31.1. The van der Waals surface area contributed by atoms with E-state index in [1.165, 1.54) is 37.3 Å². The van der Waals surface area contributed by atoms with Gasteiger partial charge in [0.15, 0.2) is 0 Å². The molecule has 32 heavy (non-hydrogen) atoms. The summed E-state index contributed by atoms with van der Waals surface area (Å²) in [7, 11) is 0. The molecule has 6 N–H and O–H groups in total. The van der Waals surface area contributed by atoms with Crippen molar-refractivity contribution in [2.75, 3.05) is 0 Å². The second kappa shape index (κ2) is 13.4. The van der Waals surface area contributed by atoms with Crippen LogP contribution in [0, 0.1) is 26.1 Å². The number of nitro groups is 2. The van der Waals surface area contributed by atoms with Gasteiger partial charge in [-0.1, -0.05) is 24.3 Å². The van der Waals surface area contributed by atoms with Crippen molar-refractivity contribution in [3.63, 3.8) is 0 Å². The van der Waals surface area contributed by atoms with Crippen LogP contribution in [0.15, 0.2) is 48.1 Å². The van der Waals surface area contributed by atoms with E-state index in [4.69, 9.17) is 21.7 Å². The lowest BCUT2D eigenvalue weighted by Gasteiger charge is -2.23. The number of allylic oxidation sites excluding steroid dienone is 2. The Hall–Kier alpha value is -3.06. The second-order valence-electron chi connectivity index (χ2n) is 6.64. The molecule has 0 radical (unpaired) electrons. The molecule has 0 saturated heterocycles. The van der Waals surface area contributed by atoms with Crippen LogP contribution in [0.25, 0.3) is 0 Å². The van der Waals surface area contributed by atoms with E-state index in [0.717, 1.165) is 0 Å². The summed E-state index contributed by atoms with van der Waals surface area (Å²) in [5.41, 5.74) is 10.2. The molecule has 1 aliphatic rings. The molecule has 3 atom stereocenters. The van der Waals surface area contributed by atoms with Gasteiger partial charge in [-0.05, 0) is 18.1 Å². The van der Waals surface area contributed by atoms with Crippen molar-refractivity contribution in [2.45, 2.75) is 31.5 Å². The van der Waals surface area contributed by atoms with Gasteiger partial charge in [0.25, 0.3) is 11.4 Å². The van der Waals surface area contributed by atoms with E-state index in [1.54, 1.807) is 12.1 Å². The Morgan fingerprint density at radius 2 is 1.81 bits per heavy atom. The zero-order valence-corrected chi connectivity index (χ0v) is 18.5. The number of benzene rings is 1. The van der Waals surface area contributed by atoms with Gasteiger partial charge in [-0.25, -0.2) is 0 Å². The fourth-order valence-corrected chi connectivity index (χ4v) is 2.54. The minimum atomic E-state index is -1.67. The first-order chi connectivity index (χ1) is 13.9. The van der Waals surface area contributed by atoms with Gasteiger partial charge in [0.1, 0.15) is 0 Å². The van der Waals surface area contributed by atoms with Crippen molar-refractivity contribution >= 4 is 42.4 Å². The van der Waals surface area contributed by atoms with Gasteiger partial charge < -0.3 is 15.9 Å². The molecule has 0 amide bonds. The highest BCUT2D eigenvalue weighted by molar-refractivity contribution is 5.85. The van der Waals surface area contributed by atoms with Crippen LogP contribution in [0.2, 0.25) is 0 Å². The van der Waals surface area contributed by atoms with Gasteiger partial charge in [0.2, 0.25) is 0 Å². The largest absolute Gasteiger partial charge is 0.481 e. The predicted octanol–water partition coefficient (Wildman–Crippen LogP) is 2.44. The Morgan fingerprint density at radius 1 is 1.22 bits per heavy atom. The summed E-state index contributed by atoms with van der Waals surface area (Å²) in [5, 5.41) is 38.4. The molecule has 3 unspecified atom stereocenters. The third-order valence-electron chi connectivity index (χ3n) is 4.35. The fraction of sp³-hybridized carbons (Fsp3) is 0.333. The van der Waals surface area contributed by atoms with Crippen LogP contribution in [-0.2, 0) is 9.59 Å². The van der Waals surface area contributed by atoms with Gasteiger partial charge in [0.05, 0.1) is 23.7 Å². The Balaban J connectivity index is 0. The number of carboxylic acid groups (broad SMARTS) is 2. The number of hydrogen-bond acceptors (Lipinski definition) is 8. The molecule has 0 fully saturated rings. The standard InChI is InChI=1S/C9H12N2O4.C9H10N2O4.2ClH/c1-6(8(12)13)7-3-2-4-9(10,5-7)11(14)15;10-8(5-9(12)13)6-2-1-3-7(4-6)11(14)15;;/h2-4,6H,5,10H2,1H3,(H,12,13);1-4,8H,5,10H2,(H,12,13);2*1H. The Bertz CT molecular complexity index is 909. The van der Waals surface area contributed by atoms with E-state index in [2.05, 4.69) is 0 Å². The van der Waals surface area contributed by atoms with Crippen LogP contribution >= 0.6 is 24.8 Å². The molecule has 0 spiro atoms. The van der Waals surface area contributed by atoms with E-state index in [9.17, 15) is 29.8 Å². The maximum Gasteiger partial charge on any atom is 0.310 e. The van der Waals surface area contributed by atoms with Crippen LogP contribution in [0.1, 0.15) is 31.4 Å². The number of carboxylic acids is 2. The van der Waals surface area contributed by atoms with Crippen molar-refractivity contribution < 1.29 is 29.6 Å². The first-order valence-corrected chi connectivity index (χ1v) is 8.63. The lowest BCUT2D eigenvalue weighted by Crippen LogP contribution is -2.47. The summed E-state index contributed by atoms with van der Waals surface area (Å²) in [5.74, 6) is -2.80. The molecule has 1 aromatic rings. The highest BCUT2D eigenvalue weighted by atomic mass is 35.5. The lowest BCUT2D eigenvalue weighted by molar-refractivity contribution is -0.554. The zero-order valence-electron chi connectivity index (χ0n) is 16.8. The third kappa shape index (κ3) is 8.98. The molecule has 0 aromatic heterocycles. The zero-order chi connectivity index (χ0) is 23.1. The maximum atomic E-state index is 10.7. The molecule has 2 rings (SSSR count). The molecule has 0 saturated carbocycles. The minimum absolute atomic E-state index is 0. The topological polar surface area (TPSA) is 213 Å². The van der Waals surface area contributed by atoms with Gasteiger partial charge in [-0.3, -0.25) is 35.6 Å². The summed E-state index contributed by atoms with van der Waals surface area (Å²) >= 11 is 0. The third-order valence-corrected chi connectivity index (χ3v) is 4.35. The number of rotatable bonds is 7. The number of halogens is 2. The molecule has 1 aromatic carbocycles. The van der Waals surface area contributed by atoms with Crippen LogP contribution in [0.3, 0.4) is 0 Å². The molecule has 0 heterocycles. The first-order valence-electron chi connectivity index (χ1n) is 8.63. The van der Waals surface area contributed by atoms with Crippen molar-refractivity contribution in [3.05, 3.63) is 73.9 Å². The molecule has 0 bridgehead atoms. The number of nitrogens with zero attached hydrogens (tertiary/aromatic N) is 2. The smallest absolute Gasteiger partial charge is 0.310 e. The van der Waals surface area contributed by atoms with Crippen LogP contribution in [0.4, 0.5) is 5.69 Å². The van der Waals surface area contributed by atoms with Crippen molar-refractivity contribution in [2.24, 2.45) is 17.4 Å². The summed E-state index contributed by atoms with van der Waals surface area (Å²) in [4.78, 5) is 41.1. The molecular weight excluding hydrogens is 471 g/mol. The van der Waals surface area contributed by atoms with E-state index < -0.39 is 39.4 Å². The lowest BCUT2D eigenvalue weighted by atomic mass is 9.88. The summed E-state index contributed by atoms with van der Waals surface area (Å²) < 4.78 is 0. The summed E-state index contributed by atoms with van der Waals surface area (Å²) in [6.45, 7) is 1.48. The molecule has 14 heteroatoms. The van der Waals surface area contributed by atoms with Gasteiger partial charge in [-0.15, -0.1) is 24.8 Å². The van der Waals surface area contributed by atoms with Crippen molar-refractivity contribution in [1.29, 1.82) is 0 Å². The molecular formula is C18H24Cl2N4O8. The molecule has 1 aliphatic carbocycles. The maximum absolute atomic E-state index is 10.7. The van der Waals surface area contributed by atoms with E-state index >= 15 is 0 Å². The Labute approximate surface area is 195 Å². The SMILES string of the molecule is CC(C(=O)O)C1=CC=CC(N)([N+](=O)[O-])C1.Cl.Cl.NC(CC(=O)O)c1cccc([N+](=O)[O-])c1. The number of aliphatic carboxylic acids is 2. The molecule has 0 aliphatic heterocycles. The predicted molar refractivity (Wildman–Crippen MR) is 119 cm³/mol. The number of non-ortho nitro benzene ring substituents is 1. The average molecular weight is 495 g/mol. The highest BCUT2D eigenvalue weighted by Gasteiger charge is 2.39. The monoisotopic (exact) mass is 494 g/mol. The van der Waals surface area contributed by atoms with E-state index in [-0.39, 0.29) is 43.3 Å². The fourth-order valence-electron chi connectivity index (χ4n) is 2.54. The summed E-state index contributed by atoms with van der Waals surface area (Å²) in [6.07, 6.45) is 3.95. The highest BCUT2D eigenvalue weighted by Crippen LogP contribution is 2.26. The quantitative estimate of drug-likeness (QED) is 0.246. The van der Waals surface area contributed by atoms with Crippen LogP contribution in [0.5, 0.6) is 0 Å². The van der Waals surface area contributed by atoms with Crippen LogP contribution < -0.4 is 11.5 Å². The number of hydrogen-bond donors (Lipinski definition) is 4. The van der Waals surface area contributed by atoms with Gasteiger partial charge >= 0.3 is 11.9 Å². The van der Waals surface area contributed by atoms with Crippen molar-refractivity contribution in [3.8, 4) is 0 Å². The number of carbonyl (C=O) groups is 2. The van der Waals surface area contributed by atoms with Crippen LogP contribution in [-0.4, -0.2) is 37.7 Å². The Kier molecular flexibility index (Phi) is 13.0. The van der Waals surface area contributed by atoms with Crippen molar-refractivity contribution in [1.82, 2.24) is 0 Å². The summed E-state index contributed by atoms with van der Waals surface area (Å²) in [6, 6.07) is 4.95.